The third kappa shape index (κ3) is 2.33. The fourth-order valence-electron chi connectivity index (χ4n) is 1.92. The van der Waals surface area contributed by atoms with Gasteiger partial charge in [0.25, 0.3) is 5.56 Å². The lowest BCUT2D eigenvalue weighted by Crippen LogP contribution is -2.15. The molecule has 0 radical (unpaired) electrons. The van der Waals surface area contributed by atoms with Crippen molar-refractivity contribution in [2.24, 2.45) is 0 Å². The molecule has 17 heavy (non-hydrogen) atoms. The number of nitrogens with one attached hydrogen (secondary N) is 1. The molecule has 1 N–H and O–H groups in total. The highest BCUT2D eigenvalue weighted by molar-refractivity contribution is 5.32. The van der Waals surface area contributed by atoms with Gasteiger partial charge in [-0.3, -0.25) is 9.89 Å². The van der Waals surface area contributed by atoms with Crippen molar-refractivity contribution in [1.29, 1.82) is 0 Å². The smallest absolute Gasteiger partial charge is 0.274 e. The minimum absolute atomic E-state index is 0.0577. The maximum atomic E-state index is 12.1. The SMILES string of the molecule is CCCCc1[nH]n(-c2ccccc2)c(=O)c1C. The molecule has 0 saturated heterocycles. The summed E-state index contributed by atoms with van der Waals surface area (Å²) in [6.07, 6.45) is 3.19. The average Bonchev–Trinajstić information content (AvgIpc) is 2.65. The zero-order chi connectivity index (χ0) is 12.3. The molecule has 0 fully saturated rings. The molecular formula is C14H18N2O. The quantitative estimate of drug-likeness (QED) is 0.861. The van der Waals surface area contributed by atoms with E-state index in [9.17, 15) is 4.79 Å². The first-order valence-electron chi connectivity index (χ1n) is 6.10. The summed E-state index contributed by atoms with van der Waals surface area (Å²) in [6.45, 7) is 4.05. The second kappa shape index (κ2) is 5.04. The molecule has 0 aliphatic heterocycles. The summed E-state index contributed by atoms with van der Waals surface area (Å²) in [5, 5.41) is 3.20. The van der Waals surface area contributed by atoms with Gasteiger partial charge in [0.05, 0.1) is 5.69 Å². The predicted octanol–water partition coefficient (Wildman–Crippen LogP) is 2.82. The highest BCUT2D eigenvalue weighted by atomic mass is 16.1. The number of H-pyrrole nitrogens is 1. The molecule has 0 bridgehead atoms. The summed E-state index contributed by atoms with van der Waals surface area (Å²) in [5.74, 6) is 0. The van der Waals surface area contributed by atoms with Gasteiger partial charge in [-0.1, -0.05) is 31.5 Å². The summed E-state index contributed by atoms with van der Waals surface area (Å²) in [6, 6.07) is 9.68. The Morgan fingerprint density at radius 1 is 1.24 bits per heavy atom. The highest BCUT2D eigenvalue weighted by Crippen LogP contribution is 2.09. The van der Waals surface area contributed by atoms with E-state index in [0.717, 1.165) is 36.2 Å². The lowest BCUT2D eigenvalue weighted by atomic mass is 10.1. The molecule has 0 atom stereocenters. The maximum absolute atomic E-state index is 12.1. The molecule has 0 aliphatic carbocycles. The van der Waals surface area contributed by atoms with Gasteiger partial charge in [-0.25, -0.2) is 4.68 Å². The molecule has 90 valence electrons. The summed E-state index contributed by atoms with van der Waals surface area (Å²) in [4.78, 5) is 12.1. The molecular weight excluding hydrogens is 212 g/mol. The monoisotopic (exact) mass is 230 g/mol. The molecule has 0 saturated carbocycles. The normalized spacial score (nSPS) is 10.7. The third-order valence-electron chi connectivity index (χ3n) is 3.02. The first kappa shape index (κ1) is 11.7. The number of nitrogens with zero attached hydrogens (tertiary/aromatic N) is 1. The van der Waals surface area contributed by atoms with Gasteiger partial charge in [0, 0.05) is 11.3 Å². The lowest BCUT2D eigenvalue weighted by molar-refractivity contribution is 0.746. The van der Waals surface area contributed by atoms with Crippen molar-refractivity contribution in [3.63, 3.8) is 0 Å². The van der Waals surface area contributed by atoms with Crippen LogP contribution in [0.5, 0.6) is 0 Å². The Kier molecular flexibility index (Phi) is 3.47. The highest BCUT2D eigenvalue weighted by Gasteiger charge is 2.10. The summed E-state index contributed by atoms with van der Waals surface area (Å²) >= 11 is 0. The largest absolute Gasteiger partial charge is 0.295 e. The number of unbranched alkanes of at least 4 members (excludes halogenated alkanes) is 1. The Morgan fingerprint density at radius 2 is 1.94 bits per heavy atom. The van der Waals surface area contributed by atoms with E-state index >= 15 is 0 Å². The molecule has 2 rings (SSSR count). The molecule has 0 aliphatic rings. The fourth-order valence-corrected chi connectivity index (χ4v) is 1.92. The second-order valence-corrected chi connectivity index (χ2v) is 4.30. The zero-order valence-corrected chi connectivity index (χ0v) is 10.4. The van der Waals surface area contributed by atoms with E-state index in [1.165, 1.54) is 0 Å². The van der Waals surface area contributed by atoms with Crippen LogP contribution in [0.4, 0.5) is 0 Å². The van der Waals surface area contributed by atoms with E-state index < -0.39 is 0 Å². The predicted molar refractivity (Wildman–Crippen MR) is 69.7 cm³/mol. The van der Waals surface area contributed by atoms with Gasteiger partial charge >= 0.3 is 0 Å². The van der Waals surface area contributed by atoms with E-state index in [1.807, 2.05) is 37.3 Å². The van der Waals surface area contributed by atoms with Gasteiger partial charge < -0.3 is 0 Å². The Morgan fingerprint density at radius 3 is 2.59 bits per heavy atom. The van der Waals surface area contributed by atoms with Crippen LogP contribution in [-0.2, 0) is 6.42 Å². The van der Waals surface area contributed by atoms with E-state index in [1.54, 1.807) is 4.68 Å². The van der Waals surface area contributed by atoms with Crippen LogP contribution in [0.3, 0.4) is 0 Å². The Bertz CT molecular complexity index is 537. The maximum Gasteiger partial charge on any atom is 0.274 e. The van der Waals surface area contributed by atoms with Crippen molar-refractivity contribution in [1.82, 2.24) is 9.78 Å². The molecule has 1 heterocycles. The molecule has 1 aromatic carbocycles. The van der Waals surface area contributed by atoms with Gasteiger partial charge in [0.15, 0.2) is 0 Å². The average molecular weight is 230 g/mol. The number of para-hydroxylation sites is 1. The van der Waals surface area contributed by atoms with Crippen LogP contribution in [0.2, 0.25) is 0 Å². The zero-order valence-electron chi connectivity index (χ0n) is 10.4. The van der Waals surface area contributed by atoms with E-state index in [2.05, 4.69) is 12.0 Å². The van der Waals surface area contributed by atoms with Gasteiger partial charge in [-0.15, -0.1) is 0 Å². The second-order valence-electron chi connectivity index (χ2n) is 4.30. The standard InChI is InChI=1S/C14H18N2O/c1-3-4-10-13-11(2)14(17)16(15-13)12-8-6-5-7-9-12/h5-9,15H,3-4,10H2,1-2H3. The van der Waals surface area contributed by atoms with Crippen molar-refractivity contribution in [2.45, 2.75) is 33.1 Å². The van der Waals surface area contributed by atoms with Gasteiger partial charge in [0.1, 0.15) is 0 Å². The molecule has 2 aromatic rings. The molecule has 0 amide bonds. The topological polar surface area (TPSA) is 37.8 Å². The van der Waals surface area contributed by atoms with E-state index in [4.69, 9.17) is 0 Å². The fraction of sp³-hybridized carbons (Fsp3) is 0.357. The van der Waals surface area contributed by atoms with Crippen LogP contribution in [0.25, 0.3) is 5.69 Å². The minimum Gasteiger partial charge on any atom is -0.295 e. The Labute approximate surface area is 101 Å². The summed E-state index contributed by atoms with van der Waals surface area (Å²) in [7, 11) is 0. The van der Waals surface area contributed by atoms with Gasteiger partial charge in [-0.05, 0) is 31.9 Å². The van der Waals surface area contributed by atoms with Crippen LogP contribution >= 0.6 is 0 Å². The number of aromatic nitrogens is 2. The van der Waals surface area contributed by atoms with Crippen LogP contribution in [0.1, 0.15) is 31.0 Å². The third-order valence-corrected chi connectivity index (χ3v) is 3.02. The van der Waals surface area contributed by atoms with Crippen molar-refractivity contribution in [3.05, 3.63) is 51.9 Å². The number of rotatable bonds is 4. The van der Waals surface area contributed by atoms with Gasteiger partial charge in [0.2, 0.25) is 0 Å². The van der Waals surface area contributed by atoms with Crippen LogP contribution in [0.15, 0.2) is 35.1 Å². The number of aryl methyl sites for hydroxylation is 1. The number of hydrogen-bond acceptors (Lipinski definition) is 1. The lowest BCUT2D eigenvalue weighted by Gasteiger charge is -2.00. The minimum atomic E-state index is 0.0577. The van der Waals surface area contributed by atoms with Gasteiger partial charge in [-0.2, -0.15) is 0 Å². The van der Waals surface area contributed by atoms with E-state index in [0.29, 0.717) is 0 Å². The number of benzene rings is 1. The van der Waals surface area contributed by atoms with Crippen molar-refractivity contribution in [2.75, 3.05) is 0 Å². The van der Waals surface area contributed by atoms with Crippen molar-refractivity contribution < 1.29 is 0 Å². The van der Waals surface area contributed by atoms with Crippen LogP contribution in [-0.4, -0.2) is 9.78 Å². The molecule has 3 nitrogen and oxygen atoms in total. The molecule has 1 aromatic heterocycles. The summed E-state index contributed by atoms with van der Waals surface area (Å²) in [5.41, 5.74) is 2.84. The number of hydrogen-bond donors (Lipinski definition) is 1. The van der Waals surface area contributed by atoms with Crippen LogP contribution < -0.4 is 5.56 Å². The number of aromatic amines is 1. The van der Waals surface area contributed by atoms with Crippen LogP contribution in [0, 0.1) is 6.92 Å². The first-order chi connectivity index (χ1) is 8.24. The van der Waals surface area contributed by atoms with E-state index in [-0.39, 0.29) is 5.56 Å². The molecule has 3 heteroatoms. The summed E-state index contributed by atoms with van der Waals surface area (Å²) < 4.78 is 1.63. The molecule has 0 unspecified atom stereocenters. The Balaban J connectivity index is 2.40. The Hall–Kier alpha value is -1.77. The first-order valence-corrected chi connectivity index (χ1v) is 6.10. The molecule has 0 spiro atoms. The van der Waals surface area contributed by atoms with Crippen molar-refractivity contribution >= 4 is 0 Å². The van der Waals surface area contributed by atoms with Crippen molar-refractivity contribution in [3.8, 4) is 5.69 Å².